The summed E-state index contributed by atoms with van der Waals surface area (Å²) < 4.78 is 4.84. The number of esters is 1. The average molecular weight is 284 g/mol. The maximum atomic E-state index is 11.8. The number of pyridine rings is 1. The van der Waals surface area contributed by atoms with Gasteiger partial charge in [-0.1, -0.05) is 18.2 Å². The van der Waals surface area contributed by atoms with E-state index in [0.29, 0.717) is 6.54 Å². The van der Waals surface area contributed by atoms with Crippen LogP contribution in [0.25, 0.3) is 0 Å². The number of rotatable bonds is 5. The van der Waals surface area contributed by atoms with Gasteiger partial charge >= 0.3 is 5.97 Å². The van der Waals surface area contributed by atoms with Crippen LogP contribution in [-0.4, -0.2) is 18.1 Å². The number of methoxy groups -OCH3 is 1. The fraction of sp³-hybridized carbons (Fsp3) is 0.294. The van der Waals surface area contributed by atoms with Crippen LogP contribution in [0.15, 0.2) is 48.7 Å². The molecule has 0 saturated heterocycles. The van der Waals surface area contributed by atoms with E-state index in [0.717, 1.165) is 16.9 Å². The van der Waals surface area contributed by atoms with E-state index in [-0.39, 0.29) is 5.97 Å². The number of hydrogen-bond acceptors (Lipinski definition) is 4. The lowest BCUT2D eigenvalue weighted by Crippen LogP contribution is -2.30. The second-order valence-electron chi connectivity index (χ2n) is 5.37. The van der Waals surface area contributed by atoms with Crippen molar-refractivity contribution >= 4 is 11.7 Å². The molecule has 4 heteroatoms. The Bertz CT molecular complexity index is 592. The van der Waals surface area contributed by atoms with Crippen LogP contribution in [0, 0.1) is 0 Å². The minimum atomic E-state index is -0.645. The Labute approximate surface area is 125 Å². The highest BCUT2D eigenvalue weighted by Gasteiger charge is 2.30. The van der Waals surface area contributed by atoms with Crippen molar-refractivity contribution in [3.63, 3.8) is 0 Å². The molecule has 1 aromatic carbocycles. The Morgan fingerprint density at radius 2 is 1.90 bits per heavy atom. The van der Waals surface area contributed by atoms with E-state index in [1.165, 1.54) is 7.11 Å². The van der Waals surface area contributed by atoms with Crippen molar-refractivity contribution in [2.45, 2.75) is 25.8 Å². The second-order valence-corrected chi connectivity index (χ2v) is 5.37. The van der Waals surface area contributed by atoms with E-state index < -0.39 is 5.41 Å². The Kier molecular flexibility index (Phi) is 4.58. The number of carbonyl (C=O) groups excluding carboxylic acids is 1. The highest BCUT2D eigenvalue weighted by molar-refractivity contribution is 5.82. The number of nitrogens with one attached hydrogen (secondary N) is 1. The van der Waals surface area contributed by atoms with Gasteiger partial charge in [-0.25, -0.2) is 0 Å². The third kappa shape index (κ3) is 3.60. The maximum Gasteiger partial charge on any atom is 0.315 e. The number of carbonyl (C=O) groups is 1. The Morgan fingerprint density at radius 1 is 1.19 bits per heavy atom. The van der Waals surface area contributed by atoms with Crippen molar-refractivity contribution in [3.05, 3.63) is 59.9 Å². The second kappa shape index (κ2) is 6.39. The van der Waals surface area contributed by atoms with Gasteiger partial charge in [-0.15, -0.1) is 0 Å². The third-order valence-electron chi connectivity index (χ3n) is 3.50. The van der Waals surface area contributed by atoms with Crippen LogP contribution in [-0.2, 0) is 21.5 Å². The standard InChI is InChI=1S/C17H20N2O2/c1-17(2,16(20)21-3)13-7-9-14(10-8-13)19-12-15-6-4-5-11-18-15/h4-11,19H,12H2,1-3H3. The lowest BCUT2D eigenvalue weighted by atomic mass is 9.85. The van der Waals surface area contributed by atoms with E-state index in [9.17, 15) is 4.79 Å². The maximum absolute atomic E-state index is 11.8. The lowest BCUT2D eigenvalue weighted by molar-refractivity contribution is -0.146. The number of ether oxygens (including phenoxy) is 1. The minimum absolute atomic E-state index is 0.239. The van der Waals surface area contributed by atoms with Crippen molar-refractivity contribution in [2.75, 3.05) is 12.4 Å². The fourth-order valence-electron chi connectivity index (χ4n) is 2.07. The van der Waals surface area contributed by atoms with Crippen LogP contribution in [0.3, 0.4) is 0 Å². The predicted octanol–water partition coefficient (Wildman–Crippen LogP) is 3.14. The summed E-state index contributed by atoms with van der Waals surface area (Å²) in [6, 6.07) is 13.6. The molecule has 1 heterocycles. The van der Waals surface area contributed by atoms with Crippen LogP contribution >= 0.6 is 0 Å². The molecule has 2 rings (SSSR count). The van der Waals surface area contributed by atoms with E-state index in [1.807, 2.05) is 56.3 Å². The molecule has 1 aromatic heterocycles. The molecule has 0 aliphatic heterocycles. The SMILES string of the molecule is COC(=O)C(C)(C)c1ccc(NCc2ccccn2)cc1. The van der Waals surface area contributed by atoms with Gasteiger partial charge in [-0.3, -0.25) is 9.78 Å². The smallest absolute Gasteiger partial charge is 0.315 e. The minimum Gasteiger partial charge on any atom is -0.468 e. The van der Waals surface area contributed by atoms with Crippen LogP contribution in [0.1, 0.15) is 25.1 Å². The largest absolute Gasteiger partial charge is 0.468 e. The zero-order valence-corrected chi connectivity index (χ0v) is 12.6. The molecule has 0 bridgehead atoms. The molecule has 0 aliphatic carbocycles. The summed E-state index contributed by atoms with van der Waals surface area (Å²) in [4.78, 5) is 16.0. The quantitative estimate of drug-likeness (QED) is 0.857. The van der Waals surface area contributed by atoms with Gasteiger partial charge in [0.2, 0.25) is 0 Å². The fourth-order valence-corrected chi connectivity index (χ4v) is 2.07. The Balaban J connectivity index is 2.04. The molecule has 0 atom stereocenters. The summed E-state index contributed by atoms with van der Waals surface area (Å²) in [6.07, 6.45) is 1.78. The molecular formula is C17H20N2O2. The van der Waals surface area contributed by atoms with Gasteiger partial charge in [0.05, 0.1) is 24.8 Å². The molecular weight excluding hydrogens is 264 g/mol. The molecule has 4 nitrogen and oxygen atoms in total. The van der Waals surface area contributed by atoms with Gasteiger partial charge < -0.3 is 10.1 Å². The Morgan fingerprint density at radius 3 is 2.48 bits per heavy atom. The van der Waals surface area contributed by atoms with Gasteiger partial charge in [0, 0.05) is 11.9 Å². The molecule has 2 aromatic rings. The zero-order chi connectivity index (χ0) is 15.3. The van der Waals surface area contributed by atoms with Crippen molar-refractivity contribution in [1.29, 1.82) is 0 Å². The van der Waals surface area contributed by atoms with Crippen molar-refractivity contribution in [1.82, 2.24) is 4.98 Å². The number of nitrogens with zero attached hydrogens (tertiary/aromatic N) is 1. The summed E-state index contributed by atoms with van der Waals surface area (Å²) in [5.41, 5.74) is 2.26. The number of benzene rings is 1. The van der Waals surface area contributed by atoms with Crippen LogP contribution in [0.4, 0.5) is 5.69 Å². The summed E-state index contributed by atoms with van der Waals surface area (Å²) in [6.45, 7) is 4.38. The van der Waals surface area contributed by atoms with Crippen molar-refractivity contribution < 1.29 is 9.53 Å². The van der Waals surface area contributed by atoms with Crippen LogP contribution < -0.4 is 5.32 Å². The normalized spacial score (nSPS) is 11.0. The highest BCUT2D eigenvalue weighted by Crippen LogP contribution is 2.26. The molecule has 21 heavy (non-hydrogen) atoms. The van der Waals surface area contributed by atoms with E-state index in [2.05, 4.69) is 10.3 Å². The molecule has 0 fully saturated rings. The van der Waals surface area contributed by atoms with E-state index in [1.54, 1.807) is 6.20 Å². The molecule has 0 radical (unpaired) electrons. The lowest BCUT2D eigenvalue weighted by Gasteiger charge is -2.22. The molecule has 0 amide bonds. The number of anilines is 1. The highest BCUT2D eigenvalue weighted by atomic mass is 16.5. The molecule has 0 saturated carbocycles. The van der Waals surface area contributed by atoms with Gasteiger partial charge in [-0.2, -0.15) is 0 Å². The molecule has 0 unspecified atom stereocenters. The first-order chi connectivity index (χ1) is 10.0. The molecule has 1 N–H and O–H groups in total. The summed E-state index contributed by atoms with van der Waals surface area (Å²) in [5.74, 6) is -0.239. The van der Waals surface area contributed by atoms with Gasteiger partial charge in [0.25, 0.3) is 0 Å². The first-order valence-corrected chi connectivity index (χ1v) is 6.87. The first-order valence-electron chi connectivity index (χ1n) is 6.87. The van der Waals surface area contributed by atoms with Crippen LogP contribution in [0.5, 0.6) is 0 Å². The first kappa shape index (κ1) is 15.0. The summed E-state index contributed by atoms with van der Waals surface area (Å²) >= 11 is 0. The van der Waals surface area contributed by atoms with Crippen molar-refractivity contribution in [2.24, 2.45) is 0 Å². The monoisotopic (exact) mass is 284 g/mol. The molecule has 0 spiro atoms. The zero-order valence-electron chi connectivity index (χ0n) is 12.6. The predicted molar refractivity (Wildman–Crippen MR) is 83.0 cm³/mol. The van der Waals surface area contributed by atoms with Crippen molar-refractivity contribution in [3.8, 4) is 0 Å². The molecule has 110 valence electrons. The topological polar surface area (TPSA) is 51.2 Å². The van der Waals surface area contributed by atoms with Gasteiger partial charge in [-0.05, 0) is 43.7 Å². The summed E-state index contributed by atoms with van der Waals surface area (Å²) in [5, 5.41) is 3.30. The molecule has 0 aliphatic rings. The van der Waals surface area contributed by atoms with Crippen LogP contribution in [0.2, 0.25) is 0 Å². The van der Waals surface area contributed by atoms with E-state index in [4.69, 9.17) is 4.74 Å². The third-order valence-corrected chi connectivity index (χ3v) is 3.50. The number of hydrogen-bond donors (Lipinski definition) is 1. The summed E-state index contributed by atoms with van der Waals surface area (Å²) in [7, 11) is 1.41. The van der Waals surface area contributed by atoms with E-state index >= 15 is 0 Å². The van der Waals surface area contributed by atoms with Gasteiger partial charge in [0.15, 0.2) is 0 Å². The van der Waals surface area contributed by atoms with Gasteiger partial charge in [0.1, 0.15) is 0 Å². The Hall–Kier alpha value is -2.36. The average Bonchev–Trinajstić information content (AvgIpc) is 2.53. The number of aromatic nitrogens is 1.